The maximum atomic E-state index is 12.9. The summed E-state index contributed by atoms with van der Waals surface area (Å²) in [7, 11) is 0. The molecule has 0 unspecified atom stereocenters. The summed E-state index contributed by atoms with van der Waals surface area (Å²) in [4.78, 5) is 28.7. The third-order valence-corrected chi connectivity index (χ3v) is 5.03. The highest BCUT2D eigenvalue weighted by atomic mass is 16.2. The van der Waals surface area contributed by atoms with Crippen molar-refractivity contribution in [3.05, 3.63) is 0 Å². The third kappa shape index (κ3) is 3.39. The van der Waals surface area contributed by atoms with Crippen LogP contribution in [0, 0.1) is 11.3 Å². The largest absolute Gasteiger partial charge is 0.339 e. The van der Waals surface area contributed by atoms with Gasteiger partial charge in [-0.3, -0.25) is 9.59 Å². The molecule has 0 bridgehead atoms. The van der Waals surface area contributed by atoms with Crippen LogP contribution in [0.1, 0.15) is 46.0 Å². The van der Waals surface area contributed by atoms with E-state index in [2.05, 4.69) is 0 Å². The molecule has 0 radical (unpaired) electrons. The van der Waals surface area contributed by atoms with E-state index in [0.717, 1.165) is 25.7 Å². The molecule has 5 nitrogen and oxygen atoms in total. The molecule has 1 saturated heterocycles. The van der Waals surface area contributed by atoms with Crippen LogP contribution in [0.5, 0.6) is 0 Å². The second-order valence-electron chi connectivity index (χ2n) is 6.82. The monoisotopic (exact) mass is 295 g/mol. The van der Waals surface area contributed by atoms with Gasteiger partial charge in [0, 0.05) is 38.6 Å². The Bertz CT molecular complexity index is 381. The summed E-state index contributed by atoms with van der Waals surface area (Å²) in [5, 5.41) is 0. The molecule has 2 fully saturated rings. The third-order valence-electron chi connectivity index (χ3n) is 5.03. The standard InChI is InChI=1S/C16H29N3O2/c1-13(2)14(20)18-8-10-19(11-9-18)15(21)16(12-17)6-4-3-5-7-16/h13H,3-12,17H2,1-2H3. The molecule has 2 amide bonds. The lowest BCUT2D eigenvalue weighted by atomic mass is 9.73. The average molecular weight is 295 g/mol. The van der Waals surface area contributed by atoms with Gasteiger partial charge in [-0.05, 0) is 12.8 Å². The molecule has 5 heteroatoms. The molecule has 21 heavy (non-hydrogen) atoms. The van der Waals surface area contributed by atoms with Crippen LogP contribution in [0.4, 0.5) is 0 Å². The molecule has 1 aliphatic heterocycles. The van der Waals surface area contributed by atoms with Gasteiger partial charge in [0.2, 0.25) is 11.8 Å². The number of amides is 2. The van der Waals surface area contributed by atoms with Gasteiger partial charge in [-0.25, -0.2) is 0 Å². The molecule has 2 N–H and O–H groups in total. The summed E-state index contributed by atoms with van der Waals surface area (Å²) in [6.45, 7) is 6.92. The molecule has 0 aromatic rings. The number of carbonyl (C=O) groups excluding carboxylic acids is 2. The number of hydrogen-bond acceptors (Lipinski definition) is 3. The predicted molar refractivity (Wildman–Crippen MR) is 82.6 cm³/mol. The van der Waals surface area contributed by atoms with Gasteiger partial charge in [0.05, 0.1) is 5.41 Å². The van der Waals surface area contributed by atoms with E-state index in [-0.39, 0.29) is 23.1 Å². The van der Waals surface area contributed by atoms with E-state index in [0.29, 0.717) is 32.7 Å². The van der Waals surface area contributed by atoms with Crippen molar-refractivity contribution in [3.8, 4) is 0 Å². The fourth-order valence-corrected chi connectivity index (χ4v) is 3.56. The molecule has 120 valence electrons. The normalized spacial score (nSPS) is 22.5. The average Bonchev–Trinajstić information content (AvgIpc) is 2.54. The fraction of sp³-hybridized carbons (Fsp3) is 0.875. The van der Waals surface area contributed by atoms with Crippen LogP contribution < -0.4 is 5.73 Å². The van der Waals surface area contributed by atoms with E-state index in [1.165, 1.54) is 6.42 Å². The molecular formula is C16H29N3O2. The Labute approximate surface area is 127 Å². The smallest absolute Gasteiger partial charge is 0.230 e. The van der Waals surface area contributed by atoms with Crippen molar-refractivity contribution < 1.29 is 9.59 Å². The lowest BCUT2D eigenvalue weighted by Crippen LogP contribution is -2.56. The number of nitrogens with two attached hydrogens (primary N) is 1. The van der Waals surface area contributed by atoms with E-state index in [1.807, 2.05) is 23.6 Å². The van der Waals surface area contributed by atoms with Crippen LogP contribution in [-0.4, -0.2) is 54.3 Å². The Balaban J connectivity index is 1.95. The topological polar surface area (TPSA) is 66.6 Å². The summed E-state index contributed by atoms with van der Waals surface area (Å²) < 4.78 is 0. The van der Waals surface area contributed by atoms with Gasteiger partial charge in [-0.1, -0.05) is 33.1 Å². The molecular weight excluding hydrogens is 266 g/mol. The van der Waals surface area contributed by atoms with E-state index < -0.39 is 0 Å². The van der Waals surface area contributed by atoms with Crippen molar-refractivity contribution in [1.82, 2.24) is 9.80 Å². The second-order valence-corrected chi connectivity index (χ2v) is 6.82. The van der Waals surface area contributed by atoms with Gasteiger partial charge < -0.3 is 15.5 Å². The highest BCUT2D eigenvalue weighted by Gasteiger charge is 2.41. The zero-order valence-corrected chi connectivity index (χ0v) is 13.4. The zero-order chi connectivity index (χ0) is 15.5. The Morgan fingerprint density at radius 3 is 2.00 bits per heavy atom. The minimum Gasteiger partial charge on any atom is -0.339 e. The van der Waals surface area contributed by atoms with Crippen molar-refractivity contribution in [2.75, 3.05) is 32.7 Å². The van der Waals surface area contributed by atoms with Gasteiger partial charge >= 0.3 is 0 Å². The van der Waals surface area contributed by atoms with Crippen LogP contribution in [0.25, 0.3) is 0 Å². The SMILES string of the molecule is CC(C)C(=O)N1CCN(C(=O)C2(CN)CCCCC2)CC1. The molecule has 0 aromatic carbocycles. The van der Waals surface area contributed by atoms with Crippen molar-refractivity contribution in [2.45, 2.75) is 46.0 Å². The van der Waals surface area contributed by atoms with Crippen molar-refractivity contribution in [2.24, 2.45) is 17.1 Å². The molecule has 1 aliphatic carbocycles. The van der Waals surface area contributed by atoms with E-state index in [4.69, 9.17) is 5.73 Å². The number of carbonyl (C=O) groups is 2. The summed E-state index contributed by atoms with van der Waals surface area (Å²) in [6, 6.07) is 0. The minimum atomic E-state index is -0.331. The summed E-state index contributed by atoms with van der Waals surface area (Å²) in [5.41, 5.74) is 5.62. The second kappa shape index (κ2) is 6.77. The number of rotatable bonds is 3. The zero-order valence-electron chi connectivity index (χ0n) is 13.4. The van der Waals surface area contributed by atoms with Gasteiger partial charge in [-0.15, -0.1) is 0 Å². The van der Waals surface area contributed by atoms with Gasteiger partial charge in [0.1, 0.15) is 0 Å². The highest BCUT2D eigenvalue weighted by molar-refractivity contribution is 5.84. The van der Waals surface area contributed by atoms with Crippen molar-refractivity contribution in [1.29, 1.82) is 0 Å². The maximum absolute atomic E-state index is 12.9. The lowest BCUT2D eigenvalue weighted by molar-refractivity contribution is -0.149. The first-order valence-electron chi connectivity index (χ1n) is 8.28. The number of nitrogens with zero attached hydrogens (tertiary/aromatic N) is 2. The van der Waals surface area contributed by atoms with Crippen molar-refractivity contribution >= 4 is 11.8 Å². The van der Waals surface area contributed by atoms with E-state index in [1.54, 1.807) is 0 Å². The summed E-state index contributed by atoms with van der Waals surface area (Å²) in [5.74, 6) is 0.440. The molecule has 0 aromatic heterocycles. The van der Waals surface area contributed by atoms with Gasteiger partial charge in [0.25, 0.3) is 0 Å². The summed E-state index contributed by atoms with van der Waals surface area (Å²) >= 11 is 0. The molecule has 0 atom stereocenters. The van der Waals surface area contributed by atoms with Crippen LogP contribution >= 0.6 is 0 Å². The fourth-order valence-electron chi connectivity index (χ4n) is 3.56. The minimum absolute atomic E-state index is 0.0287. The van der Waals surface area contributed by atoms with E-state index >= 15 is 0 Å². The number of hydrogen-bond donors (Lipinski definition) is 1. The molecule has 2 aliphatic rings. The first kappa shape index (κ1) is 16.3. The van der Waals surface area contributed by atoms with Crippen molar-refractivity contribution in [3.63, 3.8) is 0 Å². The highest BCUT2D eigenvalue weighted by Crippen LogP contribution is 2.37. The van der Waals surface area contributed by atoms with Gasteiger partial charge in [-0.2, -0.15) is 0 Å². The van der Waals surface area contributed by atoms with Crippen LogP contribution in [-0.2, 0) is 9.59 Å². The molecule has 0 spiro atoms. The molecule has 2 rings (SSSR count). The summed E-state index contributed by atoms with van der Waals surface area (Å²) in [6.07, 6.45) is 5.27. The molecule has 1 saturated carbocycles. The Morgan fingerprint density at radius 2 is 1.52 bits per heavy atom. The number of piperazine rings is 1. The van der Waals surface area contributed by atoms with Crippen LogP contribution in [0.3, 0.4) is 0 Å². The van der Waals surface area contributed by atoms with E-state index in [9.17, 15) is 9.59 Å². The Morgan fingerprint density at radius 1 is 1.00 bits per heavy atom. The first-order chi connectivity index (χ1) is 10.00. The van der Waals surface area contributed by atoms with Crippen LogP contribution in [0.15, 0.2) is 0 Å². The van der Waals surface area contributed by atoms with Crippen LogP contribution in [0.2, 0.25) is 0 Å². The maximum Gasteiger partial charge on any atom is 0.230 e. The lowest BCUT2D eigenvalue weighted by Gasteiger charge is -2.42. The van der Waals surface area contributed by atoms with Gasteiger partial charge in [0.15, 0.2) is 0 Å². The first-order valence-corrected chi connectivity index (χ1v) is 8.28. The quantitative estimate of drug-likeness (QED) is 0.851. The Kier molecular flexibility index (Phi) is 5.25. The predicted octanol–water partition coefficient (Wildman–Crippen LogP) is 1.22. The Hall–Kier alpha value is -1.10. The molecule has 1 heterocycles.